The normalized spacial score (nSPS) is 10.8. The van der Waals surface area contributed by atoms with E-state index >= 15 is 0 Å². The van der Waals surface area contributed by atoms with Gasteiger partial charge in [-0.25, -0.2) is 9.59 Å². The fourth-order valence-corrected chi connectivity index (χ4v) is 4.26. The summed E-state index contributed by atoms with van der Waals surface area (Å²) in [6, 6.07) is 29.8. The fraction of sp³-hybridized carbons (Fsp3) is 0.188. The van der Waals surface area contributed by atoms with Gasteiger partial charge < -0.3 is 9.47 Å². The van der Waals surface area contributed by atoms with Gasteiger partial charge in [0.1, 0.15) is 0 Å². The van der Waals surface area contributed by atoms with Gasteiger partial charge >= 0.3 is 11.9 Å². The Balaban J connectivity index is 1.93. The van der Waals surface area contributed by atoms with Crippen molar-refractivity contribution in [2.75, 3.05) is 0 Å². The zero-order valence-electron chi connectivity index (χ0n) is 20.9. The molecule has 0 radical (unpaired) electrons. The van der Waals surface area contributed by atoms with Gasteiger partial charge in [-0.15, -0.1) is 0 Å². The molecule has 0 aromatic heterocycles. The smallest absolute Gasteiger partial charge is 0.343 e. The minimum absolute atomic E-state index is 0.0105. The van der Waals surface area contributed by atoms with Crippen molar-refractivity contribution in [1.82, 2.24) is 0 Å². The molecule has 0 aliphatic rings. The first-order chi connectivity index (χ1) is 17.5. The van der Waals surface area contributed by atoms with E-state index in [0.717, 1.165) is 28.7 Å². The summed E-state index contributed by atoms with van der Waals surface area (Å²) in [4.78, 5) is 26.4. The molecule has 0 saturated heterocycles. The van der Waals surface area contributed by atoms with Crippen LogP contribution < -0.4 is 9.47 Å². The van der Waals surface area contributed by atoms with Crippen LogP contribution in [-0.4, -0.2) is 11.9 Å². The van der Waals surface area contributed by atoms with E-state index in [1.165, 1.54) is 0 Å². The molecule has 0 spiro atoms. The van der Waals surface area contributed by atoms with Crippen molar-refractivity contribution in [3.63, 3.8) is 0 Å². The molecule has 0 N–H and O–H groups in total. The highest BCUT2D eigenvalue weighted by Gasteiger charge is 2.27. The van der Waals surface area contributed by atoms with E-state index in [0.29, 0.717) is 29.0 Å². The van der Waals surface area contributed by atoms with E-state index < -0.39 is 11.9 Å². The van der Waals surface area contributed by atoms with Gasteiger partial charge in [0.25, 0.3) is 0 Å². The molecule has 36 heavy (non-hydrogen) atoms. The lowest BCUT2D eigenvalue weighted by Crippen LogP contribution is -2.16. The van der Waals surface area contributed by atoms with Gasteiger partial charge in [0.15, 0.2) is 11.5 Å². The van der Waals surface area contributed by atoms with Crippen LogP contribution in [0.2, 0.25) is 0 Å². The molecular formula is C32H30O4. The van der Waals surface area contributed by atoms with Gasteiger partial charge in [-0.3, -0.25) is 0 Å². The predicted molar refractivity (Wildman–Crippen MR) is 143 cm³/mol. The van der Waals surface area contributed by atoms with E-state index in [9.17, 15) is 9.59 Å². The standard InChI is InChI=1S/C32H30O4/c1-4-14-26-21-27(23-15-8-5-9-16-23)28(22(2)3)30(36-32(34)25-19-12-7-13-20-25)29(26)35-31(33)24-17-10-6-11-18-24/h5-13,15-22H,4,14H2,1-3H3. The summed E-state index contributed by atoms with van der Waals surface area (Å²) < 4.78 is 12.1. The Labute approximate surface area is 212 Å². The number of hydrogen-bond donors (Lipinski definition) is 0. The summed E-state index contributed by atoms with van der Waals surface area (Å²) in [7, 11) is 0. The summed E-state index contributed by atoms with van der Waals surface area (Å²) in [6.45, 7) is 6.16. The first kappa shape index (κ1) is 24.9. The first-order valence-electron chi connectivity index (χ1n) is 12.3. The van der Waals surface area contributed by atoms with Crippen molar-refractivity contribution in [3.8, 4) is 22.6 Å². The third kappa shape index (κ3) is 5.55. The zero-order chi connectivity index (χ0) is 25.5. The SMILES string of the molecule is CCCc1cc(-c2ccccc2)c(C(C)C)c(OC(=O)c2ccccc2)c1OC(=O)c1ccccc1. The number of rotatable bonds is 8. The summed E-state index contributed by atoms with van der Waals surface area (Å²) in [5, 5.41) is 0. The summed E-state index contributed by atoms with van der Waals surface area (Å²) >= 11 is 0. The lowest BCUT2D eigenvalue weighted by atomic mass is 9.88. The third-order valence-corrected chi connectivity index (χ3v) is 5.94. The molecule has 4 nitrogen and oxygen atoms in total. The van der Waals surface area contributed by atoms with Crippen molar-refractivity contribution < 1.29 is 19.1 Å². The average molecular weight is 479 g/mol. The summed E-state index contributed by atoms with van der Waals surface area (Å²) in [6.07, 6.45) is 1.49. The zero-order valence-corrected chi connectivity index (χ0v) is 20.9. The molecule has 0 heterocycles. The molecule has 0 bridgehead atoms. The van der Waals surface area contributed by atoms with Gasteiger partial charge in [0.05, 0.1) is 11.1 Å². The number of aryl methyl sites for hydroxylation is 1. The van der Waals surface area contributed by atoms with Crippen LogP contribution in [0.15, 0.2) is 97.1 Å². The first-order valence-corrected chi connectivity index (χ1v) is 12.3. The predicted octanol–water partition coefficient (Wildman–Crippen LogP) is 7.87. The van der Waals surface area contributed by atoms with Crippen molar-refractivity contribution in [1.29, 1.82) is 0 Å². The molecule has 0 amide bonds. The van der Waals surface area contributed by atoms with Crippen LogP contribution in [0.1, 0.15) is 65.0 Å². The van der Waals surface area contributed by atoms with E-state index in [1.54, 1.807) is 48.5 Å². The van der Waals surface area contributed by atoms with Gasteiger partial charge in [0.2, 0.25) is 0 Å². The Kier molecular flexibility index (Phi) is 7.96. The number of ether oxygens (including phenoxy) is 2. The molecular weight excluding hydrogens is 448 g/mol. The molecule has 0 atom stereocenters. The minimum Gasteiger partial charge on any atom is -0.419 e. The van der Waals surface area contributed by atoms with Crippen LogP contribution >= 0.6 is 0 Å². The third-order valence-electron chi connectivity index (χ3n) is 5.94. The van der Waals surface area contributed by atoms with Gasteiger partial charge in [-0.1, -0.05) is 93.9 Å². The van der Waals surface area contributed by atoms with Gasteiger partial charge in [0, 0.05) is 5.56 Å². The quantitative estimate of drug-likeness (QED) is 0.191. The number of carbonyl (C=O) groups is 2. The van der Waals surface area contributed by atoms with Gasteiger partial charge in [-0.05, 0) is 59.4 Å². The van der Waals surface area contributed by atoms with Crippen LogP contribution in [0.4, 0.5) is 0 Å². The summed E-state index contributed by atoms with van der Waals surface area (Å²) in [5.74, 6) is -0.399. The van der Waals surface area contributed by atoms with E-state index in [4.69, 9.17) is 9.47 Å². The molecule has 4 heteroatoms. The maximum Gasteiger partial charge on any atom is 0.343 e. The molecule has 4 aromatic carbocycles. The van der Waals surface area contributed by atoms with Crippen molar-refractivity contribution in [2.24, 2.45) is 0 Å². The topological polar surface area (TPSA) is 52.6 Å². The lowest BCUT2D eigenvalue weighted by Gasteiger charge is -2.23. The van der Waals surface area contributed by atoms with Crippen LogP contribution in [0.5, 0.6) is 11.5 Å². The maximum atomic E-state index is 13.3. The van der Waals surface area contributed by atoms with Crippen molar-refractivity contribution >= 4 is 11.9 Å². The Morgan fingerprint density at radius 3 is 1.64 bits per heavy atom. The Morgan fingerprint density at radius 2 is 1.17 bits per heavy atom. The highest BCUT2D eigenvalue weighted by molar-refractivity contribution is 5.94. The molecule has 0 unspecified atom stereocenters. The van der Waals surface area contributed by atoms with E-state index in [-0.39, 0.29) is 5.92 Å². The highest BCUT2D eigenvalue weighted by atomic mass is 16.6. The Morgan fingerprint density at radius 1 is 0.694 bits per heavy atom. The largest absolute Gasteiger partial charge is 0.419 e. The monoisotopic (exact) mass is 478 g/mol. The molecule has 182 valence electrons. The molecule has 0 fully saturated rings. The van der Waals surface area contributed by atoms with E-state index in [2.05, 4.69) is 13.0 Å². The van der Waals surface area contributed by atoms with Crippen molar-refractivity contribution in [2.45, 2.75) is 39.5 Å². The molecule has 0 aliphatic heterocycles. The fourth-order valence-electron chi connectivity index (χ4n) is 4.26. The molecule has 4 aromatic rings. The number of carbonyl (C=O) groups excluding carboxylic acids is 2. The lowest BCUT2D eigenvalue weighted by molar-refractivity contribution is 0.0679. The average Bonchev–Trinajstić information content (AvgIpc) is 2.91. The molecule has 4 rings (SSSR count). The summed E-state index contributed by atoms with van der Waals surface area (Å²) in [5.41, 5.74) is 4.47. The van der Waals surface area contributed by atoms with Crippen molar-refractivity contribution in [3.05, 3.63) is 119 Å². The maximum absolute atomic E-state index is 13.3. The minimum atomic E-state index is -0.498. The van der Waals surface area contributed by atoms with Crippen LogP contribution in [0.25, 0.3) is 11.1 Å². The number of benzene rings is 4. The number of hydrogen-bond acceptors (Lipinski definition) is 4. The second kappa shape index (κ2) is 11.5. The highest BCUT2D eigenvalue weighted by Crippen LogP contribution is 2.46. The Hall–Kier alpha value is -4.18. The molecule has 0 aliphatic carbocycles. The van der Waals surface area contributed by atoms with E-state index in [1.807, 2.05) is 56.3 Å². The second-order valence-electron chi connectivity index (χ2n) is 8.94. The van der Waals surface area contributed by atoms with Gasteiger partial charge in [-0.2, -0.15) is 0 Å². The second-order valence-corrected chi connectivity index (χ2v) is 8.94. The van der Waals surface area contributed by atoms with Crippen LogP contribution in [-0.2, 0) is 6.42 Å². The van der Waals surface area contributed by atoms with Crippen LogP contribution in [0, 0.1) is 0 Å². The van der Waals surface area contributed by atoms with Crippen LogP contribution in [0.3, 0.4) is 0 Å². The molecule has 0 saturated carbocycles. The Bertz CT molecular complexity index is 1330. The number of esters is 2.